The van der Waals surface area contributed by atoms with Crippen molar-refractivity contribution in [2.45, 2.75) is 38.3 Å². The van der Waals surface area contributed by atoms with Gasteiger partial charge in [0.25, 0.3) is 0 Å². The quantitative estimate of drug-likeness (QED) is 0.730. The molecule has 84 valence electrons. The van der Waals surface area contributed by atoms with Crippen molar-refractivity contribution >= 4 is 22.8 Å². The van der Waals surface area contributed by atoms with Gasteiger partial charge in [0.15, 0.2) is 5.17 Å². The number of carbonyl (C=O) groups is 1. The van der Waals surface area contributed by atoms with Crippen LogP contribution in [0.2, 0.25) is 0 Å². The van der Waals surface area contributed by atoms with Crippen molar-refractivity contribution in [3.05, 3.63) is 0 Å². The Labute approximate surface area is 94.1 Å². The monoisotopic (exact) mass is 227 g/mol. The van der Waals surface area contributed by atoms with Crippen LogP contribution in [0.15, 0.2) is 4.99 Å². The normalized spacial score (nSPS) is 31.7. The van der Waals surface area contributed by atoms with E-state index in [1.54, 1.807) is 18.7 Å². The molecule has 1 fully saturated rings. The molecule has 0 bridgehead atoms. The van der Waals surface area contributed by atoms with Crippen LogP contribution in [-0.4, -0.2) is 28.9 Å². The zero-order valence-corrected chi connectivity index (χ0v) is 9.72. The topological polar surface area (TPSA) is 67.5 Å². The third-order valence-corrected chi connectivity index (χ3v) is 4.19. The lowest BCUT2D eigenvalue weighted by molar-refractivity contribution is -0.119. The number of hydrogen-bond donors (Lipinski definition) is 2. The fraction of sp³-hybridized carbons (Fsp3) is 0.800. The van der Waals surface area contributed by atoms with Crippen molar-refractivity contribution in [3.8, 4) is 0 Å². The second kappa shape index (κ2) is 4.43. The lowest BCUT2D eigenvalue weighted by Crippen LogP contribution is -2.43. The minimum absolute atomic E-state index is 0.325. The molecule has 1 saturated carbocycles. The molecule has 0 aromatic rings. The van der Waals surface area contributed by atoms with Gasteiger partial charge in [-0.15, -0.1) is 0 Å². The smallest absolute Gasteiger partial charge is 0.239 e. The molecule has 3 N–H and O–H groups in total. The van der Waals surface area contributed by atoms with Crippen LogP contribution >= 0.6 is 11.8 Å². The Morgan fingerprint density at radius 2 is 2.47 bits per heavy atom. The van der Waals surface area contributed by atoms with Crippen molar-refractivity contribution < 1.29 is 4.79 Å². The number of nitrogens with two attached hydrogens (primary N) is 1. The molecule has 3 atom stereocenters. The van der Waals surface area contributed by atoms with Crippen LogP contribution in [0, 0.1) is 5.92 Å². The third-order valence-electron chi connectivity index (χ3n) is 3.10. The van der Waals surface area contributed by atoms with E-state index >= 15 is 0 Å². The largest absolute Gasteiger partial charge is 0.368 e. The van der Waals surface area contributed by atoms with Crippen LogP contribution in [0.25, 0.3) is 0 Å². The third kappa shape index (κ3) is 2.45. The maximum absolute atomic E-state index is 10.9. The molecule has 3 unspecified atom stereocenters. The Hall–Kier alpha value is -0.710. The molecule has 1 amide bonds. The number of amides is 1. The van der Waals surface area contributed by atoms with E-state index in [0.717, 1.165) is 16.8 Å². The van der Waals surface area contributed by atoms with E-state index < -0.39 is 0 Å². The van der Waals surface area contributed by atoms with Gasteiger partial charge in [0.1, 0.15) is 6.04 Å². The van der Waals surface area contributed by atoms with Crippen molar-refractivity contribution in [2.75, 3.05) is 5.75 Å². The van der Waals surface area contributed by atoms with Crippen LogP contribution in [0.1, 0.15) is 26.2 Å². The molecular formula is C10H17N3OS. The molecule has 4 nitrogen and oxygen atoms in total. The second-order valence-electron chi connectivity index (χ2n) is 4.27. The molecule has 1 aliphatic carbocycles. The number of fused-ring (bicyclic) bond motifs is 1. The minimum atomic E-state index is -0.327. The van der Waals surface area contributed by atoms with E-state index in [4.69, 9.17) is 5.73 Å². The minimum Gasteiger partial charge on any atom is -0.368 e. The van der Waals surface area contributed by atoms with Gasteiger partial charge in [-0.1, -0.05) is 18.2 Å². The summed E-state index contributed by atoms with van der Waals surface area (Å²) in [6.07, 6.45) is 3.79. The highest BCUT2D eigenvalue weighted by Crippen LogP contribution is 2.34. The standard InChI is InChI=1S/C10H17N3OS/c1-6(9(11)14)12-10-13-8-4-2-3-7(8)5-15-10/h6-8H,2-5H2,1H3,(H2,11,14)(H,12,13). The van der Waals surface area contributed by atoms with Crippen molar-refractivity contribution in [3.63, 3.8) is 0 Å². The first-order valence-corrected chi connectivity index (χ1v) is 6.42. The predicted octanol–water partition coefficient (Wildman–Crippen LogP) is 0.721. The van der Waals surface area contributed by atoms with E-state index in [9.17, 15) is 4.79 Å². The van der Waals surface area contributed by atoms with E-state index in [-0.39, 0.29) is 11.9 Å². The van der Waals surface area contributed by atoms with E-state index in [0.29, 0.717) is 6.04 Å². The van der Waals surface area contributed by atoms with E-state index in [2.05, 4.69) is 10.3 Å². The first-order valence-electron chi connectivity index (χ1n) is 5.43. The molecule has 0 radical (unpaired) electrons. The van der Waals surface area contributed by atoms with Gasteiger partial charge in [0.05, 0.1) is 6.04 Å². The Morgan fingerprint density at radius 1 is 1.67 bits per heavy atom. The number of aliphatic imine (C=N–C) groups is 1. The maximum atomic E-state index is 10.9. The molecule has 15 heavy (non-hydrogen) atoms. The number of thioether (sulfide) groups is 1. The summed E-state index contributed by atoms with van der Waals surface area (Å²) in [4.78, 5) is 15.5. The Morgan fingerprint density at radius 3 is 3.20 bits per heavy atom. The first kappa shape index (κ1) is 10.8. The first-order chi connectivity index (χ1) is 7.16. The molecule has 0 saturated heterocycles. The number of carbonyl (C=O) groups excluding carboxylic acids is 1. The Balaban J connectivity index is 1.95. The highest BCUT2D eigenvalue weighted by Gasteiger charge is 2.31. The van der Waals surface area contributed by atoms with Crippen molar-refractivity contribution in [1.82, 2.24) is 5.32 Å². The van der Waals surface area contributed by atoms with Crippen LogP contribution in [0.3, 0.4) is 0 Å². The summed E-state index contributed by atoms with van der Waals surface area (Å²) in [5.74, 6) is 1.55. The maximum Gasteiger partial charge on any atom is 0.239 e. The van der Waals surface area contributed by atoms with Gasteiger partial charge in [-0.05, 0) is 25.7 Å². The molecule has 2 rings (SSSR count). The van der Waals surface area contributed by atoms with Crippen molar-refractivity contribution in [1.29, 1.82) is 0 Å². The fourth-order valence-electron chi connectivity index (χ4n) is 2.09. The molecular weight excluding hydrogens is 210 g/mol. The van der Waals surface area contributed by atoms with Crippen molar-refractivity contribution in [2.24, 2.45) is 16.6 Å². The summed E-state index contributed by atoms with van der Waals surface area (Å²) in [5, 5.41) is 3.96. The highest BCUT2D eigenvalue weighted by atomic mass is 32.2. The number of nitrogens with one attached hydrogen (secondary N) is 1. The van der Waals surface area contributed by atoms with Gasteiger partial charge < -0.3 is 11.1 Å². The molecule has 1 aliphatic heterocycles. The second-order valence-corrected chi connectivity index (χ2v) is 5.28. The molecule has 2 aliphatic rings. The summed E-state index contributed by atoms with van der Waals surface area (Å²) < 4.78 is 0. The van der Waals surface area contributed by atoms with Crippen LogP contribution in [0.5, 0.6) is 0 Å². The number of hydrogen-bond acceptors (Lipinski definition) is 4. The average Bonchev–Trinajstić information content (AvgIpc) is 2.64. The van der Waals surface area contributed by atoms with Gasteiger partial charge in [-0.25, -0.2) is 0 Å². The number of primary amides is 1. The molecule has 0 aromatic heterocycles. The van der Waals surface area contributed by atoms with Gasteiger partial charge >= 0.3 is 0 Å². The lowest BCUT2D eigenvalue weighted by atomic mass is 10.1. The lowest BCUT2D eigenvalue weighted by Gasteiger charge is -2.24. The summed E-state index contributed by atoms with van der Waals surface area (Å²) in [6.45, 7) is 1.77. The molecule has 1 heterocycles. The fourth-order valence-corrected chi connectivity index (χ4v) is 3.32. The van der Waals surface area contributed by atoms with Gasteiger partial charge in [-0.3, -0.25) is 9.79 Å². The number of rotatable bonds is 2. The average molecular weight is 227 g/mol. The summed E-state index contributed by atoms with van der Waals surface area (Å²) in [5.41, 5.74) is 5.19. The van der Waals surface area contributed by atoms with E-state index in [1.165, 1.54) is 19.3 Å². The molecule has 0 aromatic carbocycles. The Kier molecular flexibility index (Phi) is 3.19. The van der Waals surface area contributed by atoms with Gasteiger partial charge in [0.2, 0.25) is 5.91 Å². The highest BCUT2D eigenvalue weighted by molar-refractivity contribution is 8.13. The number of amidine groups is 1. The van der Waals surface area contributed by atoms with Crippen LogP contribution in [-0.2, 0) is 4.79 Å². The number of nitrogens with zero attached hydrogens (tertiary/aromatic N) is 1. The zero-order chi connectivity index (χ0) is 10.8. The summed E-state index contributed by atoms with van der Waals surface area (Å²) in [6, 6.07) is 0.156. The zero-order valence-electron chi connectivity index (χ0n) is 8.90. The van der Waals surface area contributed by atoms with Crippen LogP contribution in [0.4, 0.5) is 0 Å². The molecule has 5 heteroatoms. The van der Waals surface area contributed by atoms with Crippen LogP contribution < -0.4 is 11.1 Å². The van der Waals surface area contributed by atoms with Gasteiger partial charge in [0, 0.05) is 5.75 Å². The van der Waals surface area contributed by atoms with Gasteiger partial charge in [-0.2, -0.15) is 0 Å². The summed E-state index contributed by atoms with van der Waals surface area (Å²) in [7, 11) is 0. The predicted molar refractivity (Wildman–Crippen MR) is 62.8 cm³/mol. The Bertz CT molecular complexity index is 292. The SMILES string of the molecule is CC(NC1=NC2CCCC2CS1)C(N)=O. The summed E-state index contributed by atoms with van der Waals surface area (Å²) >= 11 is 1.72. The molecule has 0 spiro atoms. The van der Waals surface area contributed by atoms with E-state index in [1.807, 2.05) is 0 Å².